The van der Waals surface area contributed by atoms with Crippen LogP contribution in [0.3, 0.4) is 0 Å². The van der Waals surface area contributed by atoms with Crippen molar-refractivity contribution >= 4 is 6.29 Å². The summed E-state index contributed by atoms with van der Waals surface area (Å²) < 4.78 is 68.9. The minimum atomic E-state index is -5.05. The topological polar surface area (TPSA) is 48.4 Å². The van der Waals surface area contributed by atoms with E-state index in [1.165, 1.54) is 0 Å². The van der Waals surface area contributed by atoms with E-state index in [2.05, 4.69) is 14.5 Å². The predicted octanol–water partition coefficient (Wildman–Crippen LogP) is 2.74. The normalized spacial score (nSPS) is 11.5. The summed E-state index contributed by atoms with van der Waals surface area (Å²) in [5, 5.41) is 0. The molecule has 0 aliphatic carbocycles. The molecule has 0 N–H and O–H groups in total. The fourth-order valence-electron chi connectivity index (χ4n) is 1.18. The zero-order valence-corrected chi connectivity index (χ0v) is 8.79. The van der Waals surface area contributed by atoms with Crippen LogP contribution in [0.4, 0.5) is 22.0 Å². The summed E-state index contributed by atoms with van der Waals surface area (Å²) in [7, 11) is 0.965. The number of aromatic nitrogens is 1. The highest BCUT2D eigenvalue weighted by molar-refractivity contribution is 5.76. The predicted molar refractivity (Wildman–Crippen MR) is 47.8 cm³/mol. The van der Waals surface area contributed by atoms with E-state index in [0.29, 0.717) is 6.07 Å². The van der Waals surface area contributed by atoms with Gasteiger partial charge in [-0.2, -0.15) is 0 Å². The van der Waals surface area contributed by atoms with Gasteiger partial charge in [-0.1, -0.05) is 0 Å². The van der Waals surface area contributed by atoms with E-state index in [-0.39, 0.29) is 6.29 Å². The van der Waals surface area contributed by atoms with Crippen molar-refractivity contribution < 1.29 is 36.2 Å². The summed E-state index contributed by atoms with van der Waals surface area (Å²) in [6.07, 6.45) is -8.27. The number of methoxy groups -OCH3 is 1. The number of rotatable bonds is 4. The van der Waals surface area contributed by atoms with Crippen molar-refractivity contribution in [2.75, 3.05) is 7.11 Å². The minimum absolute atomic E-state index is 0.104. The number of carbonyl (C=O) groups is 1. The molecule has 1 heterocycles. The monoisotopic (exact) mass is 271 g/mol. The van der Waals surface area contributed by atoms with Gasteiger partial charge in [-0.25, -0.2) is 13.8 Å². The molecule has 0 aliphatic rings. The fourth-order valence-corrected chi connectivity index (χ4v) is 1.18. The van der Waals surface area contributed by atoms with Gasteiger partial charge in [-0.3, -0.25) is 4.79 Å². The van der Waals surface area contributed by atoms with Gasteiger partial charge in [0, 0.05) is 6.07 Å². The third-order valence-electron chi connectivity index (χ3n) is 1.80. The summed E-state index contributed by atoms with van der Waals surface area (Å²) in [4.78, 5) is 13.6. The molecular formula is C9H6F5NO3. The molecule has 0 bridgehead atoms. The molecule has 0 amide bonds. The van der Waals surface area contributed by atoms with Crippen LogP contribution in [0.5, 0.6) is 11.6 Å². The van der Waals surface area contributed by atoms with Crippen molar-refractivity contribution in [2.45, 2.75) is 12.8 Å². The van der Waals surface area contributed by atoms with E-state index >= 15 is 0 Å². The number of hydrogen-bond donors (Lipinski definition) is 0. The van der Waals surface area contributed by atoms with Crippen LogP contribution >= 0.6 is 0 Å². The lowest BCUT2D eigenvalue weighted by Gasteiger charge is -2.13. The van der Waals surface area contributed by atoms with Crippen LogP contribution in [-0.4, -0.2) is 24.7 Å². The number of alkyl halides is 5. The summed E-state index contributed by atoms with van der Waals surface area (Å²) in [6, 6.07) is 0.530. The average molecular weight is 271 g/mol. The quantitative estimate of drug-likeness (QED) is 0.624. The molecule has 1 aromatic heterocycles. The Morgan fingerprint density at radius 1 is 1.39 bits per heavy atom. The Hall–Kier alpha value is -1.93. The zero-order valence-electron chi connectivity index (χ0n) is 8.79. The Kier molecular flexibility index (Phi) is 4.04. The summed E-state index contributed by atoms with van der Waals surface area (Å²) in [6.45, 7) is 0. The van der Waals surface area contributed by atoms with E-state index in [1.54, 1.807) is 0 Å². The maximum absolute atomic E-state index is 12.6. The van der Waals surface area contributed by atoms with Crippen LogP contribution in [0, 0.1) is 0 Å². The van der Waals surface area contributed by atoms with Crippen LogP contribution < -0.4 is 9.47 Å². The van der Waals surface area contributed by atoms with Crippen LogP contribution in [0.2, 0.25) is 0 Å². The van der Waals surface area contributed by atoms with E-state index < -0.39 is 35.7 Å². The van der Waals surface area contributed by atoms with Gasteiger partial charge in [0.05, 0.1) is 12.7 Å². The lowest BCUT2D eigenvalue weighted by Crippen LogP contribution is -2.18. The highest BCUT2D eigenvalue weighted by atomic mass is 19.4. The molecular weight excluding hydrogens is 265 g/mol. The van der Waals surface area contributed by atoms with Crippen molar-refractivity contribution in [1.29, 1.82) is 0 Å². The minimum Gasteiger partial charge on any atom is -0.496 e. The lowest BCUT2D eigenvalue weighted by atomic mass is 10.2. The van der Waals surface area contributed by atoms with Gasteiger partial charge in [-0.05, 0) is 0 Å². The Balaban J connectivity index is 3.30. The molecule has 0 saturated heterocycles. The lowest BCUT2D eigenvalue weighted by molar-refractivity contribution is -0.276. The number of aldehydes is 1. The number of ether oxygens (including phenoxy) is 2. The second-order valence-electron chi connectivity index (χ2n) is 2.93. The van der Waals surface area contributed by atoms with Crippen molar-refractivity contribution in [1.82, 2.24) is 4.98 Å². The smallest absolute Gasteiger partial charge is 0.496 e. The Morgan fingerprint density at radius 3 is 2.39 bits per heavy atom. The first-order valence-electron chi connectivity index (χ1n) is 4.36. The summed E-state index contributed by atoms with van der Waals surface area (Å²) in [5.74, 6) is -1.66. The van der Waals surface area contributed by atoms with Gasteiger partial charge in [0.1, 0.15) is 11.4 Å². The molecule has 4 nitrogen and oxygen atoms in total. The van der Waals surface area contributed by atoms with Gasteiger partial charge >= 0.3 is 6.36 Å². The third-order valence-corrected chi connectivity index (χ3v) is 1.80. The van der Waals surface area contributed by atoms with Gasteiger partial charge in [0.15, 0.2) is 6.29 Å². The molecule has 0 fully saturated rings. The number of carbonyl (C=O) groups excluding carboxylic acids is 1. The first-order valence-corrected chi connectivity index (χ1v) is 4.36. The molecule has 0 aliphatic heterocycles. The van der Waals surface area contributed by atoms with Crippen molar-refractivity contribution in [3.63, 3.8) is 0 Å². The molecule has 1 rings (SSSR count). The second kappa shape index (κ2) is 5.15. The van der Waals surface area contributed by atoms with Crippen molar-refractivity contribution in [3.05, 3.63) is 17.3 Å². The first-order chi connectivity index (χ1) is 8.28. The highest BCUT2D eigenvalue weighted by Gasteiger charge is 2.33. The van der Waals surface area contributed by atoms with E-state index in [1.807, 2.05) is 0 Å². The molecule has 9 heteroatoms. The van der Waals surface area contributed by atoms with Crippen LogP contribution in [0.15, 0.2) is 6.07 Å². The van der Waals surface area contributed by atoms with Gasteiger partial charge < -0.3 is 9.47 Å². The maximum Gasteiger partial charge on any atom is 0.574 e. The standard InChI is InChI=1S/C9H6F5NO3/c1-17-5-2-6(18-9(12,13)14)15-4(3-16)7(5)8(10)11/h2-3,8H,1H3. The Bertz CT molecular complexity index is 447. The molecule has 0 unspecified atom stereocenters. The van der Waals surface area contributed by atoms with E-state index in [4.69, 9.17) is 0 Å². The van der Waals surface area contributed by atoms with E-state index in [9.17, 15) is 26.7 Å². The molecule has 0 atom stereocenters. The third kappa shape index (κ3) is 3.28. The van der Waals surface area contributed by atoms with Crippen LogP contribution in [0.1, 0.15) is 22.5 Å². The van der Waals surface area contributed by atoms with Crippen LogP contribution in [-0.2, 0) is 0 Å². The van der Waals surface area contributed by atoms with Crippen molar-refractivity contribution in [3.8, 4) is 11.6 Å². The molecule has 100 valence electrons. The second-order valence-corrected chi connectivity index (χ2v) is 2.93. The number of halogens is 5. The molecule has 18 heavy (non-hydrogen) atoms. The number of hydrogen-bond acceptors (Lipinski definition) is 4. The molecule has 0 spiro atoms. The summed E-state index contributed by atoms with van der Waals surface area (Å²) in [5.41, 5.74) is -1.76. The Morgan fingerprint density at radius 2 is 2.00 bits per heavy atom. The fraction of sp³-hybridized carbons (Fsp3) is 0.333. The van der Waals surface area contributed by atoms with Crippen molar-refractivity contribution in [2.24, 2.45) is 0 Å². The van der Waals surface area contributed by atoms with Gasteiger partial charge in [-0.15, -0.1) is 13.2 Å². The highest BCUT2D eigenvalue weighted by Crippen LogP contribution is 2.34. The molecule has 1 aromatic rings. The first kappa shape index (κ1) is 14.1. The SMILES string of the molecule is COc1cc(OC(F)(F)F)nc(C=O)c1C(F)F. The van der Waals surface area contributed by atoms with E-state index in [0.717, 1.165) is 7.11 Å². The summed E-state index contributed by atoms with van der Waals surface area (Å²) >= 11 is 0. The number of nitrogens with zero attached hydrogens (tertiary/aromatic N) is 1. The molecule has 0 saturated carbocycles. The largest absolute Gasteiger partial charge is 0.574 e. The Labute approximate surface area is 97.3 Å². The van der Waals surface area contributed by atoms with Crippen LogP contribution in [0.25, 0.3) is 0 Å². The molecule has 0 aromatic carbocycles. The zero-order chi connectivity index (χ0) is 13.9. The average Bonchev–Trinajstić information content (AvgIpc) is 2.24. The number of pyridine rings is 1. The maximum atomic E-state index is 12.6. The van der Waals surface area contributed by atoms with Gasteiger partial charge in [0.2, 0.25) is 5.88 Å². The van der Waals surface area contributed by atoms with Gasteiger partial charge in [0.25, 0.3) is 6.43 Å². The molecule has 0 radical (unpaired) electrons.